The fourth-order valence-corrected chi connectivity index (χ4v) is 2.38. The topological polar surface area (TPSA) is 110 Å². The molecule has 0 radical (unpaired) electrons. The lowest BCUT2D eigenvalue weighted by atomic mass is 10.0. The first-order valence-electron chi connectivity index (χ1n) is 5.98. The molecule has 2 aromatic carbocycles. The smallest absolute Gasteiger partial charge is 0.343 e. The molecule has 0 atom stereocenters. The Balaban J connectivity index is 2.46. The van der Waals surface area contributed by atoms with Crippen LogP contribution in [-0.4, -0.2) is 21.9 Å². The maximum atomic E-state index is 12.3. The van der Waals surface area contributed by atoms with Crippen LogP contribution in [0, 0.1) is 13.7 Å². The molecule has 8 heteroatoms. The first-order chi connectivity index (χ1) is 10.4. The van der Waals surface area contributed by atoms with Gasteiger partial charge < -0.3 is 10.4 Å². The second kappa shape index (κ2) is 6.52. The summed E-state index contributed by atoms with van der Waals surface area (Å²) in [4.78, 5) is 33.6. The largest absolute Gasteiger partial charge is 0.477 e. The second-order valence-electron chi connectivity index (χ2n) is 4.20. The number of hydrogen-bond donors (Lipinski definition) is 2. The van der Waals surface area contributed by atoms with Crippen LogP contribution < -0.4 is 5.32 Å². The molecule has 0 fully saturated rings. The van der Waals surface area contributed by atoms with Crippen molar-refractivity contribution in [1.29, 1.82) is 0 Å². The Morgan fingerprint density at radius 3 is 2.41 bits per heavy atom. The lowest BCUT2D eigenvalue weighted by molar-refractivity contribution is -0.385. The molecular formula is C14H9IN2O5. The van der Waals surface area contributed by atoms with Gasteiger partial charge in [0.1, 0.15) is 5.56 Å². The van der Waals surface area contributed by atoms with Crippen molar-refractivity contribution in [3.05, 3.63) is 67.3 Å². The van der Waals surface area contributed by atoms with Crippen molar-refractivity contribution in [1.82, 2.24) is 0 Å². The van der Waals surface area contributed by atoms with E-state index in [1.807, 2.05) is 22.6 Å². The third-order valence-corrected chi connectivity index (χ3v) is 3.76. The minimum atomic E-state index is -1.53. The Kier molecular flexibility index (Phi) is 4.71. The molecule has 2 rings (SSSR count). The van der Waals surface area contributed by atoms with E-state index in [1.165, 1.54) is 12.1 Å². The van der Waals surface area contributed by atoms with E-state index in [9.17, 15) is 24.8 Å². The molecule has 1 amide bonds. The number of aromatic carboxylic acids is 1. The van der Waals surface area contributed by atoms with E-state index < -0.39 is 28.1 Å². The molecule has 22 heavy (non-hydrogen) atoms. The van der Waals surface area contributed by atoms with Gasteiger partial charge in [0.2, 0.25) is 0 Å². The summed E-state index contributed by atoms with van der Waals surface area (Å²) in [7, 11) is 0. The number of rotatable bonds is 4. The van der Waals surface area contributed by atoms with E-state index in [1.54, 1.807) is 24.3 Å². The van der Waals surface area contributed by atoms with Crippen LogP contribution in [0.25, 0.3) is 0 Å². The van der Waals surface area contributed by atoms with Crippen molar-refractivity contribution in [3.8, 4) is 0 Å². The third-order valence-electron chi connectivity index (χ3n) is 2.82. The summed E-state index contributed by atoms with van der Waals surface area (Å²) in [5.41, 5.74) is -1.02. The van der Waals surface area contributed by atoms with Crippen LogP contribution in [0.2, 0.25) is 0 Å². The van der Waals surface area contributed by atoms with Gasteiger partial charge in [-0.2, -0.15) is 0 Å². The van der Waals surface area contributed by atoms with Gasteiger partial charge in [0.25, 0.3) is 11.6 Å². The normalized spacial score (nSPS) is 10.0. The van der Waals surface area contributed by atoms with Crippen LogP contribution in [0.3, 0.4) is 0 Å². The standard InChI is InChI=1S/C14H9IN2O5/c15-9-5-1-2-6-10(9)16-13(18)8-4-3-7-11(17(21)22)12(8)14(19)20/h1-7H,(H,16,18)(H,19,20). The lowest BCUT2D eigenvalue weighted by Crippen LogP contribution is -2.18. The van der Waals surface area contributed by atoms with Gasteiger partial charge in [0, 0.05) is 9.64 Å². The summed E-state index contributed by atoms with van der Waals surface area (Å²) in [5.74, 6) is -2.24. The summed E-state index contributed by atoms with van der Waals surface area (Å²) < 4.78 is 0.760. The van der Waals surface area contributed by atoms with Crippen LogP contribution >= 0.6 is 22.6 Å². The minimum Gasteiger partial charge on any atom is -0.477 e. The molecule has 2 aromatic rings. The molecule has 0 saturated carbocycles. The minimum absolute atomic E-state index is 0.263. The predicted molar refractivity (Wildman–Crippen MR) is 87.2 cm³/mol. The molecule has 0 bridgehead atoms. The number of carboxylic acid groups (broad SMARTS) is 1. The zero-order chi connectivity index (χ0) is 16.3. The zero-order valence-electron chi connectivity index (χ0n) is 10.9. The van der Waals surface area contributed by atoms with Gasteiger partial charge in [0.05, 0.1) is 16.2 Å². The number of hydrogen-bond acceptors (Lipinski definition) is 4. The number of halogens is 1. The number of benzene rings is 2. The van der Waals surface area contributed by atoms with E-state index in [2.05, 4.69) is 5.32 Å². The number of nitro groups is 1. The van der Waals surface area contributed by atoms with Gasteiger partial charge in [-0.15, -0.1) is 0 Å². The number of nitro benzene ring substituents is 1. The van der Waals surface area contributed by atoms with Crippen molar-refractivity contribution in [2.45, 2.75) is 0 Å². The quantitative estimate of drug-likeness (QED) is 0.456. The fourth-order valence-electron chi connectivity index (χ4n) is 1.86. The summed E-state index contributed by atoms with van der Waals surface area (Å²) in [6.07, 6.45) is 0. The first-order valence-corrected chi connectivity index (χ1v) is 7.06. The summed E-state index contributed by atoms with van der Waals surface area (Å²) in [6.45, 7) is 0. The molecule has 0 unspecified atom stereocenters. The molecule has 2 N–H and O–H groups in total. The summed E-state index contributed by atoms with van der Waals surface area (Å²) >= 11 is 2.01. The summed E-state index contributed by atoms with van der Waals surface area (Å²) in [6, 6.07) is 10.5. The fraction of sp³-hybridized carbons (Fsp3) is 0. The Hall–Kier alpha value is -2.49. The number of amides is 1. The molecule has 0 aromatic heterocycles. The van der Waals surface area contributed by atoms with E-state index >= 15 is 0 Å². The number of carbonyl (C=O) groups is 2. The molecule has 112 valence electrons. The number of anilines is 1. The SMILES string of the molecule is O=C(Nc1ccccc1I)c1cccc([N+](=O)[O-])c1C(=O)O. The van der Waals surface area contributed by atoms with Gasteiger partial charge in [0.15, 0.2) is 0 Å². The Bertz CT molecular complexity index is 776. The van der Waals surface area contributed by atoms with Crippen LogP contribution in [0.4, 0.5) is 11.4 Å². The Morgan fingerprint density at radius 1 is 1.14 bits per heavy atom. The third kappa shape index (κ3) is 3.22. The highest BCUT2D eigenvalue weighted by atomic mass is 127. The van der Waals surface area contributed by atoms with Crippen LogP contribution in [-0.2, 0) is 0 Å². The maximum absolute atomic E-state index is 12.3. The van der Waals surface area contributed by atoms with Gasteiger partial charge >= 0.3 is 5.97 Å². The second-order valence-corrected chi connectivity index (χ2v) is 5.36. The van der Waals surface area contributed by atoms with Crippen molar-refractivity contribution >= 4 is 45.8 Å². The highest BCUT2D eigenvalue weighted by molar-refractivity contribution is 14.1. The van der Waals surface area contributed by atoms with Crippen molar-refractivity contribution in [3.63, 3.8) is 0 Å². The van der Waals surface area contributed by atoms with Crippen molar-refractivity contribution in [2.24, 2.45) is 0 Å². The number of carbonyl (C=O) groups excluding carboxylic acids is 1. The van der Waals surface area contributed by atoms with Crippen molar-refractivity contribution in [2.75, 3.05) is 5.32 Å². The Labute approximate surface area is 138 Å². The van der Waals surface area contributed by atoms with Gasteiger partial charge in [-0.1, -0.05) is 18.2 Å². The molecule has 0 saturated heterocycles. The van der Waals surface area contributed by atoms with Gasteiger partial charge in [-0.05, 0) is 40.8 Å². The number of para-hydroxylation sites is 1. The maximum Gasteiger partial charge on any atom is 0.343 e. The van der Waals surface area contributed by atoms with E-state index in [0.717, 1.165) is 9.64 Å². The van der Waals surface area contributed by atoms with Crippen LogP contribution in [0.1, 0.15) is 20.7 Å². The van der Waals surface area contributed by atoms with Gasteiger partial charge in [-0.3, -0.25) is 14.9 Å². The van der Waals surface area contributed by atoms with Crippen LogP contribution in [0.15, 0.2) is 42.5 Å². The van der Waals surface area contributed by atoms with E-state index in [0.29, 0.717) is 5.69 Å². The lowest BCUT2D eigenvalue weighted by Gasteiger charge is -2.09. The highest BCUT2D eigenvalue weighted by Gasteiger charge is 2.27. The molecule has 7 nitrogen and oxygen atoms in total. The molecule has 0 aliphatic heterocycles. The molecular weight excluding hydrogens is 403 g/mol. The molecule has 0 aliphatic rings. The monoisotopic (exact) mass is 412 g/mol. The molecule has 0 heterocycles. The molecule has 0 aliphatic carbocycles. The zero-order valence-corrected chi connectivity index (χ0v) is 13.1. The van der Waals surface area contributed by atoms with E-state index in [-0.39, 0.29) is 5.56 Å². The Morgan fingerprint density at radius 2 is 1.82 bits per heavy atom. The first kappa shape index (κ1) is 15.9. The number of carboxylic acids is 1. The van der Waals surface area contributed by atoms with Gasteiger partial charge in [-0.25, -0.2) is 4.79 Å². The number of nitrogens with one attached hydrogen (secondary N) is 1. The van der Waals surface area contributed by atoms with Crippen LogP contribution in [0.5, 0.6) is 0 Å². The highest BCUT2D eigenvalue weighted by Crippen LogP contribution is 2.24. The van der Waals surface area contributed by atoms with E-state index in [4.69, 9.17) is 0 Å². The predicted octanol–water partition coefficient (Wildman–Crippen LogP) is 3.15. The average molecular weight is 412 g/mol. The molecule has 0 spiro atoms. The average Bonchev–Trinajstić information content (AvgIpc) is 2.48. The summed E-state index contributed by atoms with van der Waals surface area (Å²) in [5, 5.41) is 22.7. The number of nitrogens with zero attached hydrogens (tertiary/aromatic N) is 1. The van der Waals surface area contributed by atoms with Crippen molar-refractivity contribution < 1.29 is 19.6 Å².